The fourth-order valence-electron chi connectivity index (χ4n) is 1.78. The molecule has 0 spiro atoms. The summed E-state index contributed by atoms with van der Waals surface area (Å²) in [5.74, 6) is -1.60. The third-order valence-corrected chi connectivity index (χ3v) is 4.41. The summed E-state index contributed by atoms with van der Waals surface area (Å²) in [6.45, 7) is 0. The van der Waals surface area contributed by atoms with Crippen molar-refractivity contribution in [3.63, 3.8) is 0 Å². The van der Waals surface area contributed by atoms with Gasteiger partial charge in [-0.2, -0.15) is 0 Å². The van der Waals surface area contributed by atoms with E-state index in [9.17, 15) is 14.7 Å². The van der Waals surface area contributed by atoms with Crippen molar-refractivity contribution in [1.82, 2.24) is 5.32 Å². The standard InChI is InChI=1S/C15H11ClINO3/c16-11-8-10(6-7-12(11)17)14(19)18-13(15(20)21)9-4-2-1-3-5-9/h1-8,13H,(H,18,19)(H,20,21)/t13-/m0/s1. The van der Waals surface area contributed by atoms with Crippen LogP contribution in [0.25, 0.3) is 0 Å². The monoisotopic (exact) mass is 415 g/mol. The van der Waals surface area contributed by atoms with Crippen LogP contribution in [-0.2, 0) is 4.79 Å². The van der Waals surface area contributed by atoms with Crippen LogP contribution in [0.1, 0.15) is 22.0 Å². The molecule has 0 saturated carbocycles. The number of benzene rings is 2. The number of halogens is 2. The molecule has 0 unspecified atom stereocenters. The minimum absolute atomic E-state index is 0.322. The molecule has 1 amide bonds. The van der Waals surface area contributed by atoms with E-state index >= 15 is 0 Å². The lowest BCUT2D eigenvalue weighted by atomic mass is 10.1. The van der Waals surface area contributed by atoms with Gasteiger partial charge < -0.3 is 10.4 Å². The lowest BCUT2D eigenvalue weighted by Gasteiger charge is -2.15. The van der Waals surface area contributed by atoms with Crippen LogP contribution in [-0.4, -0.2) is 17.0 Å². The van der Waals surface area contributed by atoms with E-state index in [0.29, 0.717) is 16.1 Å². The summed E-state index contributed by atoms with van der Waals surface area (Å²) in [6.07, 6.45) is 0. The highest BCUT2D eigenvalue weighted by atomic mass is 127. The fraction of sp³-hybridized carbons (Fsp3) is 0.0667. The van der Waals surface area contributed by atoms with Gasteiger partial charge in [0, 0.05) is 9.13 Å². The number of carboxylic acids is 1. The molecule has 0 heterocycles. The Morgan fingerprint density at radius 2 is 1.81 bits per heavy atom. The first kappa shape index (κ1) is 15.8. The zero-order chi connectivity index (χ0) is 15.4. The fourth-order valence-corrected chi connectivity index (χ4v) is 2.30. The van der Waals surface area contributed by atoms with Crippen LogP contribution in [0.15, 0.2) is 48.5 Å². The summed E-state index contributed by atoms with van der Waals surface area (Å²) in [6, 6.07) is 12.3. The van der Waals surface area contributed by atoms with Gasteiger partial charge >= 0.3 is 5.97 Å². The highest BCUT2D eigenvalue weighted by Crippen LogP contribution is 2.20. The Labute approximate surface area is 140 Å². The van der Waals surface area contributed by atoms with E-state index in [1.54, 1.807) is 42.5 Å². The molecule has 2 aromatic carbocycles. The van der Waals surface area contributed by atoms with Crippen LogP contribution in [0.5, 0.6) is 0 Å². The molecule has 0 aliphatic rings. The molecule has 1 atom stereocenters. The van der Waals surface area contributed by atoms with Crippen molar-refractivity contribution in [2.24, 2.45) is 0 Å². The molecule has 2 N–H and O–H groups in total. The average molecular weight is 416 g/mol. The van der Waals surface area contributed by atoms with E-state index in [1.165, 1.54) is 6.07 Å². The molecule has 21 heavy (non-hydrogen) atoms. The van der Waals surface area contributed by atoms with Gasteiger partial charge in [-0.1, -0.05) is 41.9 Å². The highest BCUT2D eigenvalue weighted by molar-refractivity contribution is 14.1. The Kier molecular flexibility index (Phi) is 5.19. The summed E-state index contributed by atoms with van der Waals surface area (Å²) >= 11 is 8.02. The number of nitrogens with one attached hydrogen (secondary N) is 1. The van der Waals surface area contributed by atoms with E-state index in [2.05, 4.69) is 27.9 Å². The van der Waals surface area contributed by atoms with E-state index in [-0.39, 0.29) is 0 Å². The van der Waals surface area contributed by atoms with Crippen LogP contribution in [0, 0.1) is 3.57 Å². The molecule has 6 heteroatoms. The second-order valence-corrected chi connectivity index (χ2v) is 5.85. The van der Waals surface area contributed by atoms with Gasteiger partial charge in [-0.25, -0.2) is 4.79 Å². The van der Waals surface area contributed by atoms with Crippen molar-refractivity contribution in [3.8, 4) is 0 Å². The molecule has 0 aromatic heterocycles. The summed E-state index contributed by atoms with van der Waals surface area (Å²) in [4.78, 5) is 23.5. The minimum Gasteiger partial charge on any atom is -0.479 e. The van der Waals surface area contributed by atoms with Gasteiger partial charge in [0.25, 0.3) is 5.91 Å². The predicted octanol–water partition coefficient (Wildman–Crippen LogP) is 3.50. The van der Waals surface area contributed by atoms with Gasteiger partial charge in [0.05, 0.1) is 5.02 Å². The molecule has 0 saturated heterocycles. The molecule has 0 aliphatic heterocycles. The zero-order valence-corrected chi connectivity index (χ0v) is 13.6. The topological polar surface area (TPSA) is 66.4 Å². The normalized spacial score (nSPS) is 11.7. The van der Waals surface area contributed by atoms with Crippen LogP contribution < -0.4 is 5.32 Å². The number of carboxylic acid groups (broad SMARTS) is 1. The first-order chi connectivity index (χ1) is 9.99. The van der Waals surface area contributed by atoms with Gasteiger partial charge in [0.1, 0.15) is 0 Å². The molecular weight excluding hydrogens is 405 g/mol. The molecule has 0 bridgehead atoms. The number of amides is 1. The summed E-state index contributed by atoms with van der Waals surface area (Å²) in [5.41, 5.74) is 0.831. The third-order valence-electron chi connectivity index (χ3n) is 2.84. The van der Waals surface area contributed by atoms with Crippen LogP contribution in [0.4, 0.5) is 0 Å². The predicted molar refractivity (Wildman–Crippen MR) is 88.5 cm³/mol. The Hall–Kier alpha value is -1.60. The molecule has 0 aliphatic carbocycles. The number of carbonyl (C=O) groups is 2. The smallest absolute Gasteiger partial charge is 0.330 e. The Balaban J connectivity index is 2.23. The van der Waals surface area contributed by atoms with E-state index in [0.717, 1.165) is 3.57 Å². The van der Waals surface area contributed by atoms with Gasteiger partial charge in [-0.3, -0.25) is 4.79 Å². The second kappa shape index (κ2) is 6.91. The van der Waals surface area contributed by atoms with E-state index < -0.39 is 17.9 Å². The molecule has 0 radical (unpaired) electrons. The Morgan fingerprint density at radius 3 is 2.38 bits per heavy atom. The molecule has 0 fully saturated rings. The van der Waals surface area contributed by atoms with Crippen LogP contribution in [0.2, 0.25) is 5.02 Å². The number of hydrogen-bond acceptors (Lipinski definition) is 2. The zero-order valence-electron chi connectivity index (χ0n) is 10.7. The third kappa shape index (κ3) is 3.95. The second-order valence-electron chi connectivity index (χ2n) is 4.28. The lowest BCUT2D eigenvalue weighted by Crippen LogP contribution is -2.33. The highest BCUT2D eigenvalue weighted by Gasteiger charge is 2.22. The maximum absolute atomic E-state index is 12.2. The van der Waals surface area contributed by atoms with E-state index in [1.807, 2.05) is 0 Å². The SMILES string of the molecule is O=C(N[C@H](C(=O)O)c1ccccc1)c1ccc(I)c(Cl)c1. The first-order valence-corrected chi connectivity index (χ1v) is 7.48. The number of aliphatic carboxylic acids is 1. The largest absolute Gasteiger partial charge is 0.479 e. The van der Waals surface area contributed by atoms with Gasteiger partial charge in [0.2, 0.25) is 0 Å². The molecule has 2 aromatic rings. The van der Waals surface area contributed by atoms with Gasteiger partial charge in [-0.15, -0.1) is 0 Å². The first-order valence-electron chi connectivity index (χ1n) is 6.02. The van der Waals surface area contributed by atoms with Gasteiger partial charge in [-0.05, 0) is 46.4 Å². The Bertz CT molecular complexity index is 676. The number of carbonyl (C=O) groups excluding carboxylic acids is 1. The number of rotatable bonds is 4. The average Bonchev–Trinajstić information content (AvgIpc) is 2.48. The number of hydrogen-bond donors (Lipinski definition) is 2. The summed E-state index contributed by atoms with van der Waals surface area (Å²) in [5, 5.41) is 12.2. The van der Waals surface area contributed by atoms with Crippen molar-refractivity contribution < 1.29 is 14.7 Å². The minimum atomic E-state index is -1.12. The molecule has 4 nitrogen and oxygen atoms in total. The van der Waals surface area contributed by atoms with Crippen LogP contribution in [0.3, 0.4) is 0 Å². The molecule has 2 rings (SSSR count). The van der Waals surface area contributed by atoms with Crippen molar-refractivity contribution in [2.45, 2.75) is 6.04 Å². The van der Waals surface area contributed by atoms with Crippen molar-refractivity contribution >= 4 is 46.1 Å². The van der Waals surface area contributed by atoms with Gasteiger partial charge in [0.15, 0.2) is 6.04 Å². The molecular formula is C15H11ClINO3. The quantitative estimate of drug-likeness (QED) is 0.751. The molecule has 108 valence electrons. The summed E-state index contributed by atoms with van der Waals surface area (Å²) in [7, 11) is 0. The maximum Gasteiger partial charge on any atom is 0.330 e. The lowest BCUT2D eigenvalue weighted by molar-refractivity contribution is -0.139. The maximum atomic E-state index is 12.2. The van der Waals surface area contributed by atoms with Crippen molar-refractivity contribution in [3.05, 3.63) is 68.3 Å². The Morgan fingerprint density at radius 1 is 1.14 bits per heavy atom. The van der Waals surface area contributed by atoms with Crippen LogP contribution >= 0.6 is 34.2 Å². The van der Waals surface area contributed by atoms with Crippen molar-refractivity contribution in [2.75, 3.05) is 0 Å². The summed E-state index contributed by atoms with van der Waals surface area (Å²) < 4.78 is 0.823. The van der Waals surface area contributed by atoms with E-state index in [4.69, 9.17) is 11.6 Å². The van der Waals surface area contributed by atoms with Crippen molar-refractivity contribution in [1.29, 1.82) is 0 Å².